The van der Waals surface area contributed by atoms with Crippen molar-refractivity contribution in [3.63, 3.8) is 0 Å². The zero-order valence-corrected chi connectivity index (χ0v) is 15.8. The minimum absolute atomic E-state index is 0.571. The summed E-state index contributed by atoms with van der Waals surface area (Å²) in [6, 6.07) is 17.3. The Kier molecular flexibility index (Phi) is 6.84. The first-order valence-corrected chi connectivity index (χ1v) is 8.80. The largest absolute Gasteiger partial charge is 0.480 e. The Balaban J connectivity index is 2.64. The molecule has 4 N–H and O–H groups in total. The fraction of sp³-hybridized carbons (Fsp3) is 0.238. The fourth-order valence-electron chi connectivity index (χ4n) is 3.20. The van der Waals surface area contributed by atoms with Gasteiger partial charge in [0.1, 0.15) is 0 Å². The van der Waals surface area contributed by atoms with Gasteiger partial charge >= 0.3 is 11.9 Å². The Morgan fingerprint density at radius 2 is 1.24 bits per heavy atom. The molecule has 0 saturated carbocycles. The molecule has 8 heteroatoms. The average Bonchev–Trinajstić information content (AvgIpc) is 2.67. The van der Waals surface area contributed by atoms with Crippen LogP contribution in [-0.2, 0) is 19.2 Å². The third-order valence-corrected chi connectivity index (χ3v) is 4.77. The van der Waals surface area contributed by atoms with E-state index in [1.807, 2.05) is 0 Å². The van der Waals surface area contributed by atoms with Crippen LogP contribution in [0.4, 0.5) is 0 Å². The highest BCUT2D eigenvalue weighted by Crippen LogP contribution is 2.32. The second-order valence-corrected chi connectivity index (χ2v) is 6.70. The predicted octanol–water partition coefficient (Wildman–Crippen LogP) is 1.10. The number of benzene rings is 2. The van der Waals surface area contributed by atoms with Crippen molar-refractivity contribution in [2.75, 3.05) is 13.1 Å². The summed E-state index contributed by atoms with van der Waals surface area (Å²) in [4.78, 5) is 49.5. The summed E-state index contributed by atoms with van der Waals surface area (Å²) in [5.74, 6) is -5.54. The molecule has 1 atom stereocenters. The molecule has 0 aliphatic rings. The van der Waals surface area contributed by atoms with Gasteiger partial charge in [-0.25, -0.2) is 0 Å². The zero-order chi connectivity index (χ0) is 21.6. The van der Waals surface area contributed by atoms with E-state index < -0.39 is 48.2 Å². The Labute approximate surface area is 167 Å². The molecule has 0 fully saturated rings. The van der Waals surface area contributed by atoms with Crippen LogP contribution < -0.4 is 5.73 Å². The number of carbonyl (C=O) groups excluding carboxylic acids is 2. The van der Waals surface area contributed by atoms with Crippen molar-refractivity contribution in [3.05, 3.63) is 71.8 Å². The number of rotatable bonds is 10. The first-order valence-electron chi connectivity index (χ1n) is 8.80. The minimum atomic E-state index is -2.16. The van der Waals surface area contributed by atoms with E-state index in [0.717, 1.165) is 4.90 Å². The highest BCUT2D eigenvalue weighted by Gasteiger charge is 2.49. The molecule has 2 aromatic carbocycles. The molecule has 29 heavy (non-hydrogen) atoms. The second kappa shape index (κ2) is 9.11. The molecule has 0 heterocycles. The lowest BCUT2D eigenvalue weighted by Gasteiger charge is -2.38. The topological polar surface area (TPSA) is 138 Å². The van der Waals surface area contributed by atoms with Crippen LogP contribution in [0.15, 0.2) is 60.7 Å². The molecule has 0 unspecified atom stereocenters. The summed E-state index contributed by atoms with van der Waals surface area (Å²) in [7, 11) is 0. The molecule has 8 nitrogen and oxygen atoms in total. The highest BCUT2D eigenvalue weighted by atomic mass is 16.4. The summed E-state index contributed by atoms with van der Waals surface area (Å²) < 4.78 is 0. The molecule has 2 rings (SSSR count). The van der Waals surface area contributed by atoms with E-state index in [4.69, 9.17) is 5.73 Å². The van der Waals surface area contributed by atoms with E-state index in [2.05, 4.69) is 0 Å². The van der Waals surface area contributed by atoms with Crippen molar-refractivity contribution in [3.8, 4) is 0 Å². The quantitative estimate of drug-likeness (QED) is 0.510. The Morgan fingerprint density at radius 3 is 1.55 bits per heavy atom. The van der Waals surface area contributed by atoms with Crippen molar-refractivity contribution in [2.24, 2.45) is 5.73 Å². The number of carbonyl (C=O) groups is 4. The van der Waals surface area contributed by atoms with Gasteiger partial charge in [-0.3, -0.25) is 24.1 Å². The van der Waals surface area contributed by atoms with Crippen LogP contribution in [-0.4, -0.2) is 57.4 Å². The third kappa shape index (κ3) is 4.85. The summed E-state index contributed by atoms with van der Waals surface area (Å²) in [5, 5.41) is 18.4. The van der Waals surface area contributed by atoms with E-state index in [-0.39, 0.29) is 0 Å². The van der Waals surface area contributed by atoms with Gasteiger partial charge in [-0.1, -0.05) is 60.7 Å². The maximum absolute atomic E-state index is 13.7. The number of carboxylic acids is 2. The van der Waals surface area contributed by atoms with Crippen LogP contribution in [0.25, 0.3) is 0 Å². The third-order valence-electron chi connectivity index (χ3n) is 4.77. The van der Waals surface area contributed by atoms with E-state index >= 15 is 0 Å². The lowest BCUT2D eigenvalue weighted by Crippen LogP contribution is -2.64. The first-order chi connectivity index (χ1) is 13.7. The SMILES string of the molecule is C[C@](C(N)=O)(C(=O)C(c1ccccc1)c1ccccc1)N(CC(=O)O)CC(=O)O. The molecule has 0 spiro atoms. The van der Waals surface area contributed by atoms with Gasteiger partial charge in [0, 0.05) is 0 Å². The van der Waals surface area contributed by atoms with Crippen molar-refractivity contribution in [1.82, 2.24) is 4.90 Å². The lowest BCUT2D eigenvalue weighted by molar-refractivity contribution is -0.151. The van der Waals surface area contributed by atoms with Gasteiger partial charge in [-0.05, 0) is 18.1 Å². The monoisotopic (exact) mass is 398 g/mol. The molecular weight excluding hydrogens is 376 g/mol. The molecule has 0 aliphatic carbocycles. The molecule has 0 saturated heterocycles. The maximum atomic E-state index is 13.7. The molecular formula is C21H22N2O6. The van der Waals surface area contributed by atoms with E-state index in [1.54, 1.807) is 60.7 Å². The number of carboxylic acid groups (broad SMARTS) is 2. The number of amides is 1. The molecule has 1 amide bonds. The Hall–Kier alpha value is -3.52. The van der Waals surface area contributed by atoms with E-state index in [1.165, 1.54) is 6.92 Å². The number of nitrogens with two attached hydrogens (primary N) is 1. The number of hydrogen-bond acceptors (Lipinski definition) is 5. The Morgan fingerprint density at radius 1 is 0.862 bits per heavy atom. The molecule has 152 valence electrons. The first kappa shape index (κ1) is 21.8. The van der Waals surface area contributed by atoms with E-state index in [9.17, 15) is 29.4 Å². The Bertz CT molecular complexity index is 844. The summed E-state index contributed by atoms with van der Waals surface area (Å²) in [5.41, 5.74) is 4.51. The summed E-state index contributed by atoms with van der Waals surface area (Å²) in [6.45, 7) is -0.510. The van der Waals surface area contributed by atoms with Crippen LogP contribution in [0.5, 0.6) is 0 Å². The van der Waals surface area contributed by atoms with Crippen LogP contribution in [0.2, 0.25) is 0 Å². The van der Waals surface area contributed by atoms with Gasteiger partial charge in [-0.2, -0.15) is 0 Å². The van der Waals surface area contributed by atoms with Crippen molar-refractivity contribution in [1.29, 1.82) is 0 Å². The van der Waals surface area contributed by atoms with Gasteiger partial charge in [0.05, 0.1) is 19.0 Å². The van der Waals surface area contributed by atoms with Gasteiger partial charge in [0.25, 0.3) is 0 Å². The zero-order valence-electron chi connectivity index (χ0n) is 15.8. The molecule has 0 aromatic heterocycles. The summed E-state index contributed by atoms with van der Waals surface area (Å²) in [6.07, 6.45) is 0. The van der Waals surface area contributed by atoms with Crippen molar-refractivity contribution >= 4 is 23.6 Å². The van der Waals surface area contributed by atoms with Gasteiger partial charge in [0.2, 0.25) is 5.91 Å². The van der Waals surface area contributed by atoms with Crippen LogP contribution in [0.3, 0.4) is 0 Å². The molecule has 2 aromatic rings. The molecule has 0 bridgehead atoms. The molecule has 0 aliphatic heterocycles. The summed E-state index contributed by atoms with van der Waals surface area (Å²) >= 11 is 0. The van der Waals surface area contributed by atoms with Crippen LogP contribution in [0.1, 0.15) is 24.0 Å². The fourth-order valence-corrected chi connectivity index (χ4v) is 3.20. The number of nitrogens with zero attached hydrogens (tertiary/aromatic N) is 1. The second-order valence-electron chi connectivity index (χ2n) is 6.70. The average molecular weight is 398 g/mol. The van der Waals surface area contributed by atoms with Gasteiger partial charge in [0.15, 0.2) is 11.3 Å². The number of ketones is 1. The normalized spacial score (nSPS) is 13.1. The standard InChI is InChI=1S/C21H22N2O6/c1-21(20(22)29,23(12-16(24)25)13-17(26)27)19(28)18(14-8-4-2-5-9-14)15-10-6-3-7-11-15/h2-11,18H,12-13H2,1H3,(H2,22,29)(H,24,25)(H,26,27)/t21-/m1/s1. The maximum Gasteiger partial charge on any atom is 0.317 e. The van der Waals surface area contributed by atoms with Crippen LogP contribution in [0, 0.1) is 0 Å². The van der Waals surface area contributed by atoms with Crippen molar-refractivity contribution in [2.45, 2.75) is 18.4 Å². The van der Waals surface area contributed by atoms with Crippen LogP contribution >= 0.6 is 0 Å². The number of Topliss-reactive ketones (excluding diaryl/α,β-unsaturated/α-hetero) is 1. The van der Waals surface area contributed by atoms with Gasteiger partial charge < -0.3 is 15.9 Å². The highest BCUT2D eigenvalue weighted by molar-refractivity contribution is 6.13. The number of hydrogen-bond donors (Lipinski definition) is 3. The minimum Gasteiger partial charge on any atom is -0.480 e. The van der Waals surface area contributed by atoms with E-state index in [0.29, 0.717) is 11.1 Å². The number of aliphatic carboxylic acids is 2. The van der Waals surface area contributed by atoms with Crippen molar-refractivity contribution < 1.29 is 29.4 Å². The lowest BCUT2D eigenvalue weighted by atomic mass is 9.78. The predicted molar refractivity (Wildman–Crippen MR) is 104 cm³/mol. The van der Waals surface area contributed by atoms with Gasteiger partial charge in [-0.15, -0.1) is 0 Å². The molecule has 0 radical (unpaired) electrons. The smallest absolute Gasteiger partial charge is 0.317 e. The number of primary amides is 1.